The van der Waals surface area contributed by atoms with Crippen molar-refractivity contribution in [3.63, 3.8) is 0 Å². The van der Waals surface area contributed by atoms with E-state index in [1.807, 2.05) is 0 Å². The van der Waals surface area contributed by atoms with E-state index in [0.717, 1.165) is 0 Å². The van der Waals surface area contributed by atoms with E-state index in [1.165, 1.54) is 14.2 Å². The van der Waals surface area contributed by atoms with Crippen LogP contribution in [0.25, 0.3) is 0 Å². The van der Waals surface area contributed by atoms with Gasteiger partial charge in [-0.3, -0.25) is 0 Å². The Kier molecular flexibility index (Phi) is 8.64. The van der Waals surface area contributed by atoms with Crippen LogP contribution >= 0.6 is 12.2 Å². The summed E-state index contributed by atoms with van der Waals surface area (Å²) in [5.41, 5.74) is 0. The van der Waals surface area contributed by atoms with E-state index in [9.17, 15) is 0 Å². The van der Waals surface area contributed by atoms with Gasteiger partial charge in [0.05, 0.1) is 0 Å². The second-order valence-corrected chi connectivity index (χ2v) is 2.84. The molecule has 6 heteroatoms. The van der Waals surface area contributed by atoms with Crippen molar-refractivity contribution in [2.45, 2.75) is 12.8 Å². The van der Waals surface area contributed by atoms with Crippen molar-refractivity contribution in [3.05, 3.63) is 0 Å². The van der Waals surface area contributed by atoms with E-state index in [-0.39, 0.29) is 33.9 Å². The molecule has 0 aromatic heterocycles. The molecule has 11 heavy (non-hydrogen) atoms. The average Bonchev–Trinajstić information content (AvgIpc) is 1.87. The molecule has 0 unspecified atom stereocenters. The molecular weight excluding hydrogens is 193 g/mol. The van der Waals surface area contributed by atoms with Gasteiger partial charge < -0.3 is 39.6 Å². The summed E-state index contributed by atoms with van der Waals surface area (Å²) in [6.45, 7) is 1.69. The Bertz CT molecular complexity index is 130. The molecule has 0 fully saturated rings. The number of thiocarbonyl (C=S) groups is 1. The van der Waals surface area contributed by atoms with Crippen LogP contribution in [0.15, 0.2) is 0 Å². The van der Waals surface area contributed by atoms with Gasteiger partial charge in [0, 0.05) is 21.1 Å². The molecule has 0 saturated carbocycles. The summed E-state index contributed by atoms with van der Waals surface area (Å²) < 4.78 is 10.0. The second kappa shape index (κ2) is 6.54. The first kappa shape index (κ1) is 14.5. The smallest absolute Gasteiger partial charge is 0.411 e. The van der Waals surface area contributed by atoms with Gasteiger partial charge >= 0.3 is 29.6 Å². The monoisotopic (exact) mass is 203 g/mol. The fraction of sp³-hybridized carbons (Fsp3) is 0.800. The number of nitrogens with one attached hydrogen (secondary N) is 1. The standard InChI is InChI=1S/C5H11NO2S2.Na/c1-5(7-2,8-3)6-4(9)10;/h1-3H3,(H2,6,9,10);/q;+1/p-1. The van der Waals surface area contributed by atoms with Gasteiger partial charge in [0.1, 0.15) is 0 Å². The van der Waals surface area contributed by atoms with Gasteiger partial charge in [-0.2, -0.15) is 0 Å². The first-order chi connectivity index (χ1) is 4.54. The zero-order valence-electron chi connectivity index (χ0n) is 7.13. The number of methoxy groups -OCH3 is 2. The SMILES string of the molecule is COC(C)(NC(=S)[S-])OC.[Na+]. The Morgan fingerprint density at radius 3 is 1.91 bits per heavy atom. The van der Waals surface area contributed by atoms with Crippen molar-refractivity contribution >= 4 is 29.2 Å². The Balaban J connectivity index is 0. The third kappa shape index (κ3) is 6.21. The average molecular weight is 203 g/mol. The van der Waals surface area contributed by atoms with Crippen molar-refractivity contribution < 1.29 is 39.0 Å². The van der Waals surface area contributed by atoms with Crippen LogP contribution in [0.5, 0.6) is 0 Å². The molecule has 0 radical (unpaired) electrons. The Morgan fingerprint density at radius 2 is 1.82 bits per heavy atom. The van der Waals surface area contributed by atoms with E-state index >= 15 is 0 Å². The van der Waals surface area contributed by atoms with Crippen LogP contribution < -0.4 is 34.9 Å². The summed E-state index contributed by atoms with van der Waals surface area (Å²) in [5, 5.41) is 2.66. The zero-order valence-corrected chi connectivity index (χ0v) is 10.8. The number of ether oxygens (including phenoxy) is 2. The molecule has 0 atom stereocenters. The molecule has 1 N–H and O–H groups in total. The van der Waals surface area contributed by atoms with Gasteiger partial charge in [0.2, 0.25) is 5.91 Å². The summed E-state index contributed by atoms with van der Waals surface area (Å²) in [5.74, 6) is -0.890. The molecule has 0 aromatic carbocycles. The Labute approximate surface area is 99.9 Å². The van der Waals surface area contributed by atoms with Crippen LogP contribution in [0, 0.1) is 0 Å². The van der Waals surface area contributed by atoms with Gasteiger partial charge in [0.15, 0.2) is 0 Å². The van der Waals surface area contributed by atoms with Crippen molar-refractivity contribution in [1.82, 2.24) is 5.32 Å². The molecule has 0 bridgehead atoms. The topological polar surface area (TPSA) is 30.5 Å². The van der Waals surface area contributed by atoms with Crippen LogP contribution in [0.2, 0.25) is 0 Å². The van der Waals surface area contributed by atoms with Crippen LogP contribution in [0.1, 0.15) is 6.92 Å². The van der Waals surface area contributed by atoms with E-state index in [4.69, 9.17) is 9.47 Å². The quantitative estimate of drug-likeness (QED) is 0.235. The summed E-state index contributed by atoms with van der Waals surface area (Å²) in [4.78, 5) is 0. The minimum atomic E-state index is -0.890. The molecule has 0 aliphatic heterocycles. The van der Waals surface area contributed by atoms with Gasteiger partial charge in [0.25, 0.3) is 0 Å². The molecule has 3 nitrogen and oxygen atoms in total. The molecule has 0 amide bonds. The summed E-state index contributed by atoms with van der Waals surface area (Å²) in [6, 6.07) is 0. The zero-order chi connectivity index (χ0) is 8.20. The summed E-state index contributed by atoms with van der Waals surface area (Å²) in [7, 11) is 3.01. The van der Waals surface area contributed by atoms with Gasteiger partial charge in [-0.1, -0.05) is 4.32 Å². The molecule has 0 aromatic rings. The fourth-order valence-electron chi connectivity index (χ4n) is 0.371. The third-order valence-corrected chi connectivity index (χ3v) is 1.31. The van der Waals surface area contributed by atoms with Crippen molar-refractivity contribution in [2.24, 2.45) is 0 Å². The molecule has 0 aliphatic rings. The third-order valence-electron chi connectivity index (χ3n) is 1.11. The minimum Gasteiger partial charge on any atom is -0.411 e. The van der Waals surface area contributed by atoms with E-state index in [1.54, 1.807) is 6.92 Å². The number of rotatable bonds is 3. The summed E-state index contributed by atoms with van der Waals surface area (Å²) in [6.07, 6.45) is 0. The molecular formula is C5H10NNaO2S2. The molecule has 60 valence electrons. The largest absolute Gasteiger partial charge is 1.00 e. The normalized spacial score (nSPS) is 10.1. The predicted molar refractivity (Wildman–Crippen MR) is 45.5 cm³/mol. The second-order valence-electron chi connectivity index (χ2n) is 1.77. The number of hydrogen-bond donors (Lipinski definition) is 1. The van der Waals surface area contributed by atoms with Gasteiger partial charge in [-0.05, 0) is 0 Å². The first-order valence-electron chi connectivity index (χ1n) is 2.63. The van der Waals surface area contributed by atoms with Crippen molar-refractivity contribution in [1.29, 1.82) is 0 Å². The van der Waals surface area contributed by atoms with Crippen LogP contribution in [0.3, 0.4) is 0 Å². The molecule has 0 rings (SSSR count). The first-order valence-corrected chi connectivity index (χ1v) is 3.45. The maximum Gasteiger partial charge on any atom is 1.00 e. The van der Waals surface area contributed by atoms with Crippen LogP contribution in [0.4, 0.5) is 0 Å². The van der Waals surface area contributed by atoms with Gasteiger partial charge in [-0.15, -0.1) is 0 Å². The van der Waals surface area contributed by atoms with E-state index in [0.29, 0.717) is 0 Å². The molecule has 0 aliphatic carbocycles. The van der Waals surface area contributed by atoms with E-state index < -0.39 is 5.91 Å². The Hall–Kier alpha value is 1.03. The minimum absolute atomic E-state index is 0. The maximum absolute atomic E-state index is 4.91. The van der Waals surface area contributed by atoms with Crippen molar-refractivity contribution in [2.75, 3.05) is 14.2 Å². The Morgan fingerprint density at radius 1 is 1.45 bits per heavy atom. The maximum atomic E-state index is 4.91. The van der Waals surface area contributed by atoms with E-state index in [2.05, 4.69) is 30.2 Å². The summed E-state index contributed by atoms with van der Waals surface area (Å²) >= 11 is 9.24. The molecule has 0 spiro atoms. The van der Waals surface area contributed by atoms with Crippen LogP contribution in [-0.4, -0.2) is 24.5 Å². The predicted octanol–water partition coefficient (Wildman–Crippen LogP) is -2.62. The number of hydrogen-bond acceptors (Lipinski definition) is 4. The molecule has 0 saturated heterocycles. The van der Waals surface area contributed by atoms with Crippen LogP contribution in [-0.2, 0) is 22.1 Å². The molecule has 0 heterocycles. The fourth-order valence-corrected chi connectivity index (χ4v) is 0.742. The van der Waals surface area contributed by atoms with Crippen molar-refractivity contribution in [3.8, 4) is 0 Å². The van der Waals surface area contributed by atoms with Gasteiger partial charge in [-0.25, -0.2) is 0 Å².